The molecule has 0 fully saturated rings. The molecule has 0 aliphatic rings. The van der Waals surface area contributed by atoms with Crippen LogP contribution in [0.5, 0.6) is 0 Å². The number of thioether (sulfide) groups is 1. The molecule has 3 heterocycles. The van der Waals surface area contributed by atoms with E-state index in [0.29, 0.717) is 11.6 Å². The second kappa shape index (κ2) is 8.75. The molecular weight excluding hydrogens is 438 g/mol. The minimum atomic E-state index is -0.399. The van der Waals surface area contributed by atoms with Gasteiger partial charge >= 0.3 is 0 Å². The molecule has 2 aromatic carbocycles. The van der Waals surface area contributed by atoms with Gasteiger partial charge in [0.1, 0.15) is 0 Å². The third kappa shape index (κ3) is 4.03. The van der Waals surface area contributed by atoms with Crippen LogP contribution in [0.15, 0.2) is 90.5 Å². The first-order valence-corrected chi connectivity index (χ1v) is 11.1. The first-order chi connectivity index (χ1) is 16.1. The number of hydrogen-bond acceptors (Lipinski definition) is 6. The lowest BCUT2D eigenvalue weighted by Crippen LogP contribution is -2.06. The molecule has 0 aliphatic carbocycles. The molecule has 10 heteroatoms. The van der Waals surface area contributed by atoms with Crippen molar-refractivity contribution in [3.63, 3.8) is 0 Å². The quantitative estimate of drug-likeness (QED) is 0.200. The highest BCUT2D eigenvalue weighted by Gasteiger charge is 2.21. The molecule has 0 radical (unpaired) electrons. The van der Waals surface area contributed by atoms with Gasteiger partial charge in [-0.1, -0.05) is 42.1 Å². The van der Waals surface area contributed by atoms with Crippen molar-refractivity contribution in [3.05, 3.63) is 101 Å². The van der Waals surface area contributed by atoms with E-state index in [1.165, 1.54) is 23.9 Å². The lowest BCUT2D eigenvalue weighted by Gasteiger charge is -2.11. The molecule has 3 aromatic heterocycles. The summed E-state index contributed by atoms with van der Waals surface area (Å²) in [6.07, 6.45) is 5.75. The maximum atomic E-state index is 10.8. The van der Waals surface area contributed by atoms with Gasteiger partial charge in [0, 0.05) is 37.3 Å². The molecule has 0 saturated carbocycles. The number of rotatable bonds is 7. The lowest BCUT2D eigenvalue weighted by atomic mass is 10.2. The highest BCUT2D eigenvalue weighted by atomic mass is 32.2. The van der Waals surface area contributed by atoms with Crippen molar-refractivity contribution >= 4 is 17.4 Å². The number of nitro benzene ring substituents is 1. The number of aromatic nitrogens is 6. The number of non-ortho nitro benzene ring substituents is 1. The van der Waals surface area contributed by atoms with Crippen LogP contribution in [0.2, 0.25) is 0 Å². The number of nitro groups is 1. The average Bonchev–Trinajstić information content (AvgIpc) is 3.58. The number of benzene rings is 2. The fraction of sp³-hybridized carbons (Fsp3) is 0.0870. The van der Waals surface area contributed by atoms with Gasteiger partial charge in [-0.25, -0.2) is 4.68 Å². The third-order valence-electron chi connectivity index (χ3n) is 5.18. The molecule has 0 atom stereocenters. The molecule has 0 aliphatic heterocycles. The van der Waals surface area contributed by atoms with Crippen LogP contribution in [0.3, 0.4) is 0 Å². The summed E-state index contributed by atoms with van der Waals surface area (Å²) in [5, 5.41) is 25.1. The third-order valence-corrected chi connectivity index (χ3v) is 6.28. The lowest BCUT2D eigenvalue weighted by molar-refractivity contribution is -0.384. The van der Waals surface area contributed by atoms with E-state index >= 15 is 0 Å². The number of para-hydroxylation sites is 1. The molecule has 5 aromatic rings. The van der Waals surface area contributed by atoms with Crippen molar-refractivity contribution in [2.75, 3.05) is 0 Å². The minimum absolute atomic E-state index is 0.0812. The van der Waals surface area contributed by atoms with Crippen LogP contribution in [-0.4, -0.2) is 34.0 Å². The molecule has 0 amide bonds. The first kappa shape index (κ1) is 20.7. The Hall–Kier alpha value is -4.18. The van der Waals surface area contributed by atoms with Crippen molar-refractivity contribution in [1.29, 1.82) is 0 Å². The van der Waals surface area contributed by atoms with E-state index in [1.54, 1.807) is 18.3 Å². The fourth-order valence-electron chi connectivity index (χ4n) is 3.52. The summed E-state index contributed by atoms with van der Waals surface area (Å²) in [5.74, 6) is 2.19. The molecule has 0 unspecified atom stereocenters. The Labute approximate surface area is 193 Å². The maximum Gasteiger partial charge on any atom is 0.269 e. The Morgan fingerprint density at radius 3 is 2.39 bits per heavy atom. The van der Waals surface area contributed by atoms with Gasteiger partial charge in [-0.15, -0.1) is 10.2 Å². The Balaban J connectivity index is 1.46. The molecule has 33 heavy (non-hydrogen) atoms. The molecule has 0 saturated heterocycles. The van der Waals surface area contributed by atoms with E-state index in [1.807, 2.05) is 75.7 Å². The van der Waals surface area contributed by atoms with Gasteiger partial charge in [0.05, 0.1) is 22.4 Å². The van der Waals surface area contributed by atoms with E-state index in [2.05, 4.69) is 15.3 Å². The highest BCUT2D eigenvalue weighted by Crippen LogP contribution is 2.30. The first-order valence-electron chi connectivity index (χ1n) is 10.1. The second-order valence-corrected chi connectivity index (χ2v) is 8.24. The normalized spacial score (nSPS) is 11.1. The highest BCUT2D eigenvalue weighted by molar-refractivity contribution is 7.98. The largest absolute Gasteiger partial charge is 0.308 e. The Morgan fingerprint density at radius 1 is 0.970 bits per heavy atom. The van der Waals surface area contributed by atoms with Crippen LogP contribution in [0, 0.1) is 10.1 Å². The molecule has 164 valence electrons. The number of nitrogens with zero attached hydrogens (tertiary/aromatic N) is 7. The SMILES string of the molecule is Cn1c(SCc2ccc([N+](=O)[O-])cc2)nnc1-c1cnn(-c2ccccc2)c1-n1cccc1. The molecule has 5 rings (SSSR count). The van der Waals surface area contributed by atoms with Gasteiger partial charge in [-0.3, -0.25) is 10.1 Å². The topological polar surface area (TPSA) is 96.6 Å². The summed E-state index contributed by atoms with van der Waals surface area (Å²) >= 11 is 1.52. The van der Waals surface area contributed by atoms with Crippen LogP contribution in [-0.2, 0) is 12.8 Å². The van der Waals surface area contributed by atoms with E-state index in [9.17, 15) is 10.1 Å². The smallest absolute Gasteiger partial charge is 0.269 e. The van der Waals surface area contributed by atoms with Gasteiger partial charge in [0.25, 0.3) is 5.69 Å². The van der Waals surface area contributed by atoms with Gasteiger partial charge in [0.2, 0.25) is 0 Å². The maximum absolute atomic E-state index is 10.8. The minimum Gasteiger partial charge on any atom is -0.308 e. The Morgan fingerprint density at radius 2 is 1.70 bits per heavy atom. The average molecular weight is 458 g/mol. The zero-order chi connectivity index (χ0) is 22.8. The van der Waals surface area contributed by atoms with E-state index in [0.717, 1.165) is 27.8 Å². The van der Waals surface area contributed by atoms with Crippen molar-refractivity contribution in [2.45, 2.75) is 10.9 Å². The number of hydrogen-bond donors (Lipinski definition) is 0. The molecule has 0 spiro atoms. The fourth-order valence-corrected chi connectivity index (χ4v) is 4.39. The zero-order valence-electron chi connectivity index (χ0n) is 17.6. The van der Waals surface area contributed by atoms with Crippen LogP contribution in [0.1, 0.15) is 5.56 Å². The van der Waals surface area contributed by atoms with E-state index in [-0.39, 0.29) is 5.69 Å². The molecule has 9 nitrogen and oxygen atoms in total. The predicted molar refractivity (Wildman–Crippen MR) is 126 cm³/mol. The summed E-state index contributed by atoms with van der Waals surface area (Å²) < 4.78 is 5.83. The van der Waals surface area contributed by atoms with Crippen LogP contribution in [0.4, 0.5) is 5.69 Å². The molecule has 0 bridgehead atoms. The van der Waals surface area contributed by atoms with Gasteiger partial charge in [-0.2, -0.15) is 5.10 Å². The van der Waals surface area contributed by atoms with Gasteiger partial charge in [0.15, 0.2) is 16.8 Å². The zero-order valence-corrected chi connectivity index (χ0v) is 18.5. The van der Waals surface area contributed by atoms with Gasteiger partial charge < -0.3 is 9.13 Å². The van der Waals surface area contributed by atoms with Crippen LogP contribution < -0.4 is 0 Å². The Bertz CT molecular complexity index is 1390. The Kier molecular flexibility index (Phi) is 5.49. The summed E-state index contributed by atoms with van der Waals surface area (Å²) in [6.45, 7) is 0. The summed E-state index contributed by atoms with van der Waals surface area (Å²) in [6, 6.07) is 20.4. The standard InChI is InChI=1S/C23H19N7O2S/c1-27-21(25-26-23(27)33-16-17-9-11-19(12-10-17)30(31)32)20-15-24-29(18-7-3-2-4-8-18)22(20)28-13-5-6-14-28/h2-15H,16H2,1H3. The van der Waals surface area contributed by atoms with Crippen molar-refractivity contribution in [3.8, 4) is 22.9 Å². The van der Waals surface area contributed by atoms with Crippen LogP contribution in [0.25, 0.3) is 22.9 Å². The van der Waals surface area contributed by atoms with E-state index < -0.39 is 4.92 Å². The van der Waals surface area contributed by atoms with Gasteiger partial charge in [-0.05, 0) is 29.8 Å². The van der Waals surface area contributed by atoms with E-state index in [4.69, 9.17) is 0 Å². The van der Waals surface area contributed by atoms with Crippen molar-refractivity contribution in [1.82, 2.24) is 29.1 Å². The summed E-state index contributed by atoms with van der Waals surface area (Å²) in [4.78, 5) is 10.4. The summed E-state index contributed by atoms with van der Waals surface area (Å²) in [5.41, 5.74) is 2.85. The molecule has 0 N–H and O–H groups in total. The second-order valence-electron chi connectivity index (χ2n) is 7.30. The van der Waals surface area contributed by atoms with Crippen LogP contribution >= 0.6 is 11.8 Å². The van der Waals surface area contributed by atoms with Crippen molar-refractivity contribution < 1.29 is 4.92 Å². The predicted octanol–water partition coefficient (Wildman–Crippen LogP) is 4.66. The molecular formula is C23H19N7O2S. The monoisotopic (exact) mass is 457 g/mol. The summed E-state index contributed by atoms with van der Waals surface area (Å²) in [7, 11) is 1.92. The van der Waals surface area contributed by atoms with Crippen molar-refractivity contribution in [2.24, 2.45) is 7.05 Å².